The smallest absolute Gasteiger partial charge is 0.267 e. The normalized spacial score (nSPS) is 17.2. The zero-order valence-corrected chi connectivity index (χ0v) is 14.4. The summed E-state index contributed by atoms with van der Waals surface area (Å²) in [7, 11) is 0. The van der Waals surface area contributed by atoms with Gasteiger partial charge in [0.05, 0.1) is 10.9 Å². The second-order valence-corrected chi connectivity index (χ2v) is 6.91. The van der Waals surface area contributed by atoms with Crippen molar-refractivity contribution in [3.8, 4) is 0 Å². The van der Waals surface area contributed by atoms with Crippen LogP contribution in [0.2, 0.25) is 0 Å². The third-order valence-corrected chi connectivity index (χ3v) is 4.92. The van der Waals surface area contributed by atoms with Gasteiger partial charge in [0.15, 0.2) is 0 Å². The summed E-state index contributed by atoms with van der Waals surface area (Å²) in [5, 5.41) is 11.6. The molecule has 4 nitrogen and oxygen atoms in total. The highest BCUT2D eigenvalue weighted by Crippen LogP contribution is 2.38. The van der Waals surface area contributed by atoms with Gasteiger partial charge in [-0.05, 0) is 29.3 Å². The molecular formula is C18H11FNO3S2-. The molecule has 1 saturated heterocycles. The number of halogens is 1. The van der Waals surface area contributed by atoms with Crippen LogP contribution >= 0.6 is 24.0 Å². The Kier molecular flexibility index (Phi) is 4.96. The number of carbonyl (C=O) groups is 2. The predicted octanol–water partition coefficient (Wildman–Crippen LogP) is 2.52. The van der Waals surface area contributed by atoms with Crippen molar-refractivity contribution in [2.75, 3.05) is 0 Å². The number of hydrogen-bond donors (Lipinski definition) is 0. The van der Waals surface area contributed by atoms with E-state index in [1.165, 1.54) is 24.3 Å². The second kappa shape index (κ2) is 7.16. The van der Waals surface area contributed by atoms with Gasteiger partial charge in [-0.15, -0.1) is 0 Å². The first-order chi connectivity index (χ1) is 12.0. The minimum Gasteiger partial charge on any atom is -0.547 e. The Balaban J connectivity index is 1.95. The molecular weight excluding hydrogens is 361 g/mol. The summed E-state index contributed by atoms with van der Waals surface area (Å²) in [5.41, 5.74) is 1.02. The van der Waals surface area contributed by atoms with Gasteiger partial charge in [-0.25, -0.2) is 4.39 Å². The van der Waals surface area contributed by atoms with Crippen LogP contribution in [0, 0.1) is 5.82 Å². The summed E-state index contributed by atoms with van der Waals surface area (Å²) < 4.78 is 13.1. The highest BCUT2D eigenvalue weighted by atomic mass is 32.2. The Labute approximate surface area is 153 Å². The summed E-state index contributed by atoms with van der Waals surface area (Å²) in [6.45, 7) is 0. The van der Waals surface area contributed by atoms with Crippen molar-refractivity contribution in [3.63, 3.8) is 0 Å². The lowest BCUT2D eigenvalue weighted by atomic mass is 10.1. The van der Waals surface area contributed by atoms with Crippen molar-refractivity contribution in [1.29, 1.82) is 0 Å². The molecule has 0 aliphatic carbocycles. The van der Waals surface area contributed by atoms with Crippen LogP contribution in [-0.2, 0) is 9.59 Å². The maximum Gasteiger partial charge on any atom is 0.267 e. The van der Waals surface area contributed by atoms with Gasteiger partial charge in [0.2, 0.25) is 0 Å². The topological polar surface area (TPSA) is 60.4 Å². The van der Waals surface area contributed by atoms with Gasteiger partial charge in [0.25, 0.3) is 5.91 Å². The molecule has 2 aromatic carbocycles. The summed E-state index contributed by atoms with van der Waals surface area (Å²) in [4.78, 5) is 25.7. The van der Waals surface area contributed by atoms with E-state index in [2.05, 4.69) is 0 Å². The summed E-state index contributed by atoms with van der Waals surface area (Å²) in [5.74, 6) is -2.31. The fraction of sp³-hybridized carbons (Fsp3) is 0.0556. The first kappa shape index (κ1) is 17.3. The molecule has 25 heavy (non-hydrogen) atoms. The van der Waals surface area contributed by atoms with Crippen molar-refractivity contribution in [2.45, 2.75) is 6.04 Å². The largest absolute Gasteiger partial charge is 0.547 e. The molecule has 1 aliphatic heterocycles. The zero-order chi connectivity index (χ0) is 18.0. The van der Waals surface area contributed by atoms with Gasteiger partial charge in [0, 0.05) is 0 Å². The van der Waals surface area contributed by atoms with E-state index in [-0.39, 0.29) is 15.0 Å². The Hall–Kier alpha value is -2.51. The van der Waals surface area contributed by atoms with Crippen LogP contribution in [0.1, 0.15) is 17.2 Å². The van der Waals surface area contributed by atoms with E-state index in [1.807, 2.05) is 0 Å². The van der Waals surface area contributed by atoms with E-state index in [4.69, 9.17) is 12.2 Å². The SMILES string of the molecule is O=C([O-])[C@@H](c1ccccc1)N1C(=O)/C(=C/c2ccc(F)cc2)SC1=S. The lowest BCUT2D eigenvalue weighted by Crippen LogP contribution is -2.43. The number of carboxylic acid groups (broad SMARTS) is 1. The number of hydrogen-bond acceptors (Lipinski definition) is 5. The minimum atomic E-state index is -1.41. The van der Waals surface area contributed by atoms with Crippen molar-refractivity contribution in [3.05, 3.63) is 76.4 Å². The number of rotatable bonds is 4. The van der Waals surface area contributed by atoms with E-state index < -0.39 is 17.9 Å². The molecule has 1 heterocycles. The van der Waals surface area contributed by atoms with Gasteiger partial charge in [-0.2, -0.15) is 0 Å². The average molecular weight is 372 g/mol. The standard InChI is InChI=1S/C18H12FNO3S2/c19-13-8-6-11(7-9-13)10-14-16(21)20(18(24)25-14)15(17(22)23)12-4-2-1-3-5-12/h1-10,15H,(H,22,23)/p-1/b14-10-/t15-/m1/s1. The highest BCUT2D eigenvalue weighted by molar-refractivity contribution is 8.26. The summed E-state index contributed by atoms with van der Waals surface area (Å²) in [6, 6.07) is 12.6. The first-order valence-electron chi connectivity index (χ1n) is 7.26. The van der Waals surface area contributed by atoms with Gasteiger partial charge < -0.3 is 9.90 Å². The Morgan fingerprint density at radius 2 is 1.80 bits per heavy atom. The van der Waals surface area contributed by atoms with E-state index in [0.717, 1.165) is 16.7 Å². The molecule has 0 saturated carbocycles. The number of aliphatic carboxylic acids is 1. The average Bonchev–Trinajstić information content (AvgIpc) is 2.86. The molecule has 2 aromatic rings. The van der Waals surface area contributed by atoms with Crippen molar-refractivity contribution in [1.82, 2.24) is 4.90 Å². The van der Waals surface area contributed by atoms with Crippen LogP contribution in [-0.4, -0.2) is 21.1 Å². The van der Waals surface area contributed by atoms with Gasteiger partial charge in [0.1, 0.15) is 16.2 Å². The summed E-state index contributed by atoms with van der Waals surface area (Å²) >= 11 is 6.21. The molecule has 0 bridgehead atoms. The second-order valence-electron chi connectivity index (χ2n) is 5.24. The Morgan fingerprint density at radius 3 is 2.40 bits per heavy atom. The molecule has 1 aliphatic rings. The first-order valence-corrected chi connectivity index (χ1v) is 8.48. The van der Waals surface area contributed by atoms with Gasteiger partial charge >= 0.3 is 0 Å². The number of amides is 1. The number of thioether (sulfide) groups is 1. The third-order valence-electron chi connectivity index (χ3n) is 3.59. The van der Waals surface area contributed by atoms with Crippen LogP contribution in [0.25, 0.3) is 6.08 Å². The van der Waals surface area contributed by atoms with Crippen molar-refractivity contribution in [2.24, 2.45) is 0 Å². The zero-order valence-electron chi connectivity index (χ0n) is 12.7. The Bertz CT molecular complexity index is 866. The predicted molar refractivity (Wildman–Crippen MR) is 95.6 cm³/mol. The summed E-state index contributed by atoms with van der Waals surface area (Å²) in [6.07, 6.45) is 1.55. The third kappa shape index (κ3) is 3.62. The van der Waals surface area contributed by atoms with Crippen LogP contribution in [0.15, 0.2) is 59.5 Å². The van der Waals surface area contributed by atoms with Crippen molar-refractivity contribution >= 4 is 46.3 Å². The molecule has 3 rings (SSSR count). The maximum atomic E-state index is 13.0. The van der Waals surface area contributed by atoms with Crippen LogP contribution in [0.3, 0.4) is 0 Å². The number of nitrogens with zero attached hydrogens (tertiary/aromatic N) is 1. The minimum absolute atomic E-state index is 0.136. The molecule has 0 aromatic heterocycles. The maximum absolute atomic E-state index is 13.0. The molecule has 7 heteroatoms. The molecule has 1 fully saturated rings. The van der Waals surface area contributed by atoms with E-state index in [1.54, 1.807) is 36.4 Å². The van der Waals surface area contributed by atoms with Crippen LogP contribution in [0.4, 0.5) is 4.39 Å². The monoisotopic (exact) mass is 372 g/mol. The number of thiocarbonyl (C=S) groups is 1. The number of benzene rings is 2. The number of carboxylic acids is 1. The lowest BCUT2D eigenvalue weighted by Gasteiger charge is -2.27. The quantitative estimate of drug-likeness (QED) is 0.610. The molecule has 0 spiro atoms. The molecule has 0 unspecified atom stereocenters. The fourth-order valence-electron chi connectivity index (χ4n) is 2.44. The van der Waals surface area contributed by atoms with Crippen LogP contribution < -0.4 is 5.11 Å². The van der Waals surface area contributed by atoms with E-state index in [0.29, 0.717) is 11.1 Å². The van der Waals surface area contributed by atoms with E-state index in [9.17, 15) is 19.1 Å². The lowest BCUT2D eigenvalue weighted by molar-refractivity contribution is -0.310. The highest BCUT2D eigenvalue weighted by Gasteiger charge is 2.38. The molecule has 1 atom stereocenters. The van der Waals surface area contributed by atoms with Gasteiger partial charge in [-0.3, -0.25) is 9.69 Å². The van der Waals surface area contributed by atoms with Crippen LogP contribution in [0.5, 0.6) is 0 Å². The van der Waals surface area contributed by atoms with Crippen molar-refractivity contribution < 1.29 is 19.1 Å². The number of carbonyl (C=O) groups excluding carboxylic acids is 2. The molecule has 0 radical (unpaired) electrons. The Morgan fingerprint density at radius 1 is 1.16 bits per heavy atom. The van der Waals surface area contributed by atoms with Gasteiger partial charge in [-0.1, -0.05) is 66.4 Å². The van der Waals surface area contributed by atoms with E-state index >= 15 is 0 Å². The molecule has 126 valence electrons. The molecule has 0 N–H and O–H groups in total. The molecule has 1 amide bonds. The fourth-order valence-corrected chi connectivity index (χ4v) is 3.75.